The van der Waals surface area contributed by atoms with E-state index in [9.17, 15) is 13.6 Å². The van der Waals surface area contributed by atoms with E-state index in [4.69, 9.17) is 10.00 Å². The van der Waals surface area contributed by atoms with Crippen molar-refractivity contribution in [1.29, 1.82) is 5.26 Å². The Morgan fingerprint density at radius 2 is 1.79 bits per heavy atom. The fraction of sp³-hybridized carbons (Fsp3) is 0.263. The third kappa shape index (κ3) is 4.17. The second-order valence-electron chi connectivity index (χ2n) is 5.68. The van der Waals surface area contributed by atoms with E-state index < -0.39 is 23.2 Å². The van der Waals surface area contributed by atoms with Crippen LogP contribution in [0.5, 0.6) is 5.75 Å². The Bertz CT molecular complexity index is 756. The van der Waals surface area contributed by atoms with Gasteiger partial charge in [0.05, 0.1) is 5.56 Å². The Morgan fingerprint density at radius 1 is 1.21 bits per heavy atom. The molecule has 0 fully saturated rings. The fourth-order valence-electron chi connectivity index (χ4n) is 2.21. The lowest BCUT2D eigenvalue weighted by Crippen LogP contribution is -2.09. The van der Waals surface area contributed by atoms with E-state index in [1.165, 1.54) is 6.07 Å². The number of nitrogens with zero attached hydrogens (tertiary/aromatic N) is 1. The molecule has 0 aromatic heterocycles. The topological polar surface area (TPSA) is 50.1 Å². The molecule has 0 aliphatic rings. The first-order chi connectivity index (χ1) is 11.4. The van der Waals surface area contributed by atoms with Crippen molar-refractivity contribution < 1.29 is 18.3 Å². The van der Waals surface area contributed by atoms with Gasteiger partial charge in [0.25, 0.3) is 0 Å². The third-order valence-corrected chi connectivity index (χ3v) is 3.81. The van der Waals surface area contributed by atoms with Crippen LogP contribution in [-0.4, -0.2) is 5.97 Å². The summed E-state index contributed by atoms with van der Waals surface area (Å²) < 4.78 is 32.0. The summed E-state index contributed by atoms with van der Waals surface area (Å²) >= 11 is 0. The molecule has 2 rings (SSSR count). The van der Waals surface area contributed by atoms with Crippen molar-refractivity contribution in [1.82, 2.24) is 0 Å². The number of ether oxygens (including phenoxy) is 1. The number of nitriles is 1. The van der Waals surface area contributed by atoms with E-state index in [0.717, 1.165) is 30.5 Å². The van der Waals surface area contributed by atoms with Crippen LogP contribution in [0.4, 0.5) is 8.78 Å². The standard InChI is InChI=1S/C19H17F2NO2/c1-3-12(2)8-13-4-6-14(7-5-13)19(23)24-15-9-17(20)16(11-22)18(21)10-15/h4-7,9-10,12H,3,8H2,1-2H3/t12-/m0/s1. The average Bonchev–Trinajstić information content (AvgIpc) is 2.55. The fourth-order valence-corrected chi connectivity index (χ4v) is 2.21. The van der Waals surface area contributed by atoms with Gasteiger partial charge in [-0.15, -0.1) is 0 Å². The van der Waals surface area contributed by atoms with Crippen molar-refractivity contribution in [2.24, 2.45) is 5.92 Å². The van der Waals surface area contributed by atoms with Crippen molar-refractivity contribution in [3.63, 3.8) is 0 Å². The van der Waals surface area contributed by atoms with Crippen molar-refractivity contribution in [3.05, 3.63) is 64.7 Å². The third-order valence-electron chi connectivity index (χ3n) is 3.81. The Kier molecular flexibility index (Phi) is 5.64. The lowest BCUT2D eigenvalue weighted by atomic mass is 9.98. The second kappa shape index (κ2) is 7.69. The number of hydrogen-bond donors (Lipinski definition) is 0. The summed E-state index contributed by atoms with van der Waals surface area (Å²) in [6.07, 6.45) is 1.98. The predicted octanol–water partition coefficient (Wildman–Crippen LogP) is 4.64. The Morgan fingerprint density at radius 3 is 2.29 bits per heavy atom. The van der Waals surface area contributed by atoms with Gasteiger partial charge in [-0.2, -0.15) is 5.26 Å². The summed E-state index contributed by atoms with van der Waals surface area (Å²) in [4.78, 5) is 12.0. The van der Waals surface area contributed by atoms with Crippen LogP contribution in [0, 0.1) is 28.9 Å². The first-order valence-corrected chi connectivity index (χ1v) is 7.64. The maximum absolute atomic E-state index is 13.5. The minimum Gasteiger partial charge on any atom is -0.423 e. The molecule has 0 bridgehead atoms. The molecule has 5 heteroatoms. The molecule has 0 spiro atoms. The Balaban J connectivity index is 2.11. The summed E-state index contributed by atoms with van der Waals surface area (Å²) in [6, 6.07) is 9.96. The molecule has 2 aromatic rings. The zero-order valence-electron chi connectivity index (χ0n) is 13.5. The zero-order chi connectivity index (χ0) is 17.7. The molecule has 0 unspecified atom stereocenters. The molecular weight excluding hydrogens is 312 g/mol. The van der Waals surface area contributed by atoms with E-state index in [0.29, 0.717) is 5.92 Å². The van der Waals surface area contributed by atoms with E-state index in [1.807, 2.05) is 12.1 Å². The highest BCUT2D eigenvalue weighted by atomic mass is 19.1. The van der Waals surface area contributed by atoms with E-state index >= 15 is 0 Å². The summed E-state index contributed by atoms with van der Waals surface area (Å²) in [7, 11) is 0. The normalized spacial score (nSPS) is 11.6. The van der Waals surface area contributed by atoms with Crippen LogP contribution >= 0.6 is 0 Å². The van der Waals surface area contributed by atoms with Gasteiger partial charge in [-0.25, -0.2) is 13.6 Å². The van der Waals surface area contributed by atoms with Gasteiger partial charge in [0.1, 0.15) is 29.0 Å². The second-order valence-corrected chi connectivity index (χ2v) is 5.68. The van der Waals surface area contributed by atoms with Gasteiger partial charge in [0, 0.05) is 12.1 Å². The molecule has 0 aliphatic carbocycles. The molecule has 1 atom stereocenters. The van der Waals surface area contributed by atoms with Gasteiger partial charge in [-0.1, -0.05) is 32.4 Å². The Hall–Kier alpha value is -2.74. The van der Waals surface area contributed by atoms with E-state index in [1.54, 1.807) is 12.1 Å². The summed E-state index contributed by atoms with van der Waals surface area (Å²) in [5, 5.41) is 8.62. The van der Waals surface area contributed by atoms with Crippen LogP contribution < -0.4 is 4.74 Å². The van der Waals surface area contributed by atoms with Crippen LogP contribution in [-0.2, 0) is 6.42 Å². The highest BCUT2D eigenvalue weighted by Gasteiger charge is 2.15. The van der Waals surface area contributed by atoms with E-state index in [-0.39, 0.29) is 11.3 Å². The first kappa shape index (κ1) is 17.6. The molecule has 0 heterocycles. The van der Waals surface area contributed by atoms with Crippen molar-refractivity contribution >= 4 is 5.97 Å². The first-order valence-electron chi connectivity index (χ1n) is 7.64. The molecular formula is C19H17F2NO2. The molecule has 0 saturated heterocycles. The van der Waals surface area contributed by atoms with Crippen molar-refractivity contribution in [2.75, 3.05) is 0 Å². The van der Waals surface area contributed by atoms with Crippen molar-refractivity contribution in [3.8, 4) is 11.8 Å². The number of hydrogen-bond acceptors (Lipinski definition) is 3. The lowest BCUT2D eigenvalue weighted by molar-refractivity contribution is 0.0734. The molecule has 2 aromatic carbocycles. The average molecular weight is 329 g/mol. The summed E-state index contributed by atoms with van der Waals surface area (Å²) in [6.45, 7) is 4.27. The van der Waals surface area contributed by atoms with Gasteiger partial charge >= 0.3 is 5.97 Å². The monoisotopic (exact) mass is 329 g/mol. The molecule has 0 amide bonds. The molecule has 124 valence electrons. The molecule has 0 saturated carbocycles. The maximum atomic E-state index is 13.5. The molecule has 0 aliphatic heterocycles. The zero-order valence-corrected chi connectivity index (χ0v) is 13.5. The maximum Gasteiger partial charge on any atom is 0.343 e. The van der Waals surface area contributed by atoms with Gasteiger partial charge in [-0.05, 0) is 30.0 Å². The van der Waals surface area contributed by atoms with Crippen LogP contribution in [0.1, 0.15) is 41.8 Å². The lowest BCUT2D eigenvalue weighted by Gasteiger charge is -2.09. The minimum atomic E-state index is -1.07. The smallest absolute Gasteiger partial charge is 0.343 e. The highest BCUT2D eigenvalue weighted by molar-refractivity contribution is 5.91. The minimum absolute atomic E-state index is 0.280. The quantitative estimate of drug-likeness (QED) is 0.593. The van der Waals surface area contributed by atoms with Crippen LogP contribution in [0.2, 0.25) is 0 Å². The highest BCUT2D eigenvalue weighted by Crippen LogP contribution is 2.21. The summed E-state index contributed by atoms with van der Waals surface area (Å²) in [5.41, 5.74) is 0.689. The van der Waals surface area contributed by atoms with Crippen LogP contribution in [0.25, 0.3) is 0 Å². The van der Waals surface area contributed by atoms with Crippen LogP contribution in [0.15, 0.2) is 36.4 Å². The number of rotatable bonds is 5. The van der Waals surface area contributed by atoms with Gasteiger partial charge in [0.2, 0.25) is 0 Å². The number of carbonyl (C=O) groups is 1. The molecule has 3 nitrogen and oxygen atoms in total. The largest absolute Gasteiger partial charge is 0.423 e. The number of esters is 1. The molecule has 0 N–H and O–H groups in total. The SMILES string of the molecule is CC[C@H](C)Cc1ccc(C(=O)Oc2cc(F)c(C#N)c(F)c2)cc1. The molecule has 0 radical (unpaired) electrons. The number of benzene rings is 2. The number of halogens is 2. The van der Waals surface area contributed by atoms with Gasteiger partial charge in [0.15, 0.2) is 0 Å². The predicted molar refractivity (Wildman–Crippen MR) is 85.6 cm³/mol. The van der Waals surface area contributed by atoms with E-state index in [2.05, 4.69) is 13.8 Å². The molecule has 24 heavy (non-hydrogen) atoms. The number of carbonyl (C=O) groups excluding carboxylic acids is 1. The van der Waals surface area contributed by atoms with Crippen molar-refractivity contribution in [2.45, 2.75) is 26.7 Å². The van der Waals surface area contributed by atoms with Gasteiger partial charge in [-0.3, -0.25) is 0 Å². The van der Waals surface area contributed by atoms with Gasteiger partial charge < -0.3 is 4.74 Å². The van der Waals surface area contributed by atoms with Crippen LogP contribution in [0.3, 0.4) is 0 Å². The Labute approximate surface area is 139 Å². The summed E-state index contributed by atoms with van der Waals surface area (Å²) in [5.74, 6) is -2.58.